The number of ether oxygens (including phenoxy) is 4. The van der Waals surface area contributed by atoms with Gasteiger partial charge in [-0.2, -0.15) is 11.8 Å². The van der Waals surface area contributed by atoms with Crippen LogP contribution in [-0.4, -0.2) is 71.3 Å². The van der Waals surface area contributed by atoms with Crippen LogP contribution in [0, 0.1) is 11.8 Å². The number of ketones is 1. The fourth-order valence-electron chi connectivity index (χ4n) is 5.55. The summed E-state index contributed by atoms with van der Waals surface area (Å²) in [5.74, 6) is 0.394. The third kappa shape index (κ3) is 12.1. The minimum atomic E-state index is -1.01. The predicted octanol–water partition coefficient (Wildman–Crippen LogP) is 5.14. The number of rotatable bonds is 16. The van der Waals surface area contributed by atoms with Crippen LogP contribution in [0.15, 0.2) is 36.4 Å². The lowest BCUT2D eigenvalue weighted by atomic mass is 9.91. The Morgan fingerprint density at radius 1 is 1.12 bits per heavy atom. The quantitative estimate of drug-likeness (QED) is 0.113. The van der Waals surface area contributed by atoms with E-state index in [0.717, 1.165) is 43.2 Å². The van der Waals surface area contributed by atoms with Gasteiger partial charge in [0.05, 0.1) is 18.8 Å². The van der Waals surface area contributed by atoms with E-state index in [-0.39, 0.29) is 36.6 Å². The minimum absolute atomic E-state index is 0.0408. The van der Waals surface area contributed by atoms with Gasteiger partial charge < -0.3 is 29.2 Å². The smallest absolute Gasteiger partial charge is 0.431 e. The summed E-state index contributed by atoms with van der Waals surface area (Å²) >= 11 is 1.64. The molecule has 2 aliphatic carbocycles. The van der Waals surface area contributed by atoms with Crippen LogP contribution in [0.1, 0.15) is 75.8 Å². The number of carbonyl (C=O) groups is 3. The van der Waals surface area contributed by atoms with Crippen LogP contribution in [0.25, 0.3) is 0 Å². The Morgan fingerprint density at radius 2 is 1.88 bits per heavy atom. The van der Waals surface area contributed by atoms with Gasteiger partial charge in [0.1, 0.15) is 11.9 Å². The van der Waals surface area contributed by atoms with Crippen molar-refractivity contribution in [3.63, 3.8) is 0 Å². The van der Waals surface area contributed by atoms with Gasteiger partial charge >= 0.3 is 12.1 Å². The molecular weight excluding hydrogens is 560 g/mol. The summed E-state index contributed by atoms with van der Waals surface area (Å²) in [5, 5.41) is 21.0. The first-order chi connectivity index (χ1) is 20.2. The van der Waals surface area contributed by atoms with E-state index in [1.807, 2.05) is 24.3 Å². The van der Waals surface area contributed by atoms with Crippen molar-refractivity contribution in [3.05, 3.63) is 47.5 Å². The molecule has 9 nitrogen and oxygen atoms in total. The molecule has 0 saturated heterocycles. The highest BCUT2D eigenvalue weighted by molar-refractivity contribution is 7.99. The lowest BCUT2D eigenvalue weighted by molar-refractivity contribution is -0.169. The van der Waals surface area contributed by atoms with Gasteiger partial charge in [0.15, 0.2) is 0 Å². The van der Waals surface area contributed by atoms with Crippen molar-refractivity contribution in [3.8, 4) is 0 Å². The molecule has 0 aliphatic heterocycles. The van der Waals surface area contributed by atoms with E-state index in [1.165, 1.54) is 6.92 Å². The van der Waals surface area contributed by atoms with Crippen LogP contribution in [0.3, 0.4) is 0 Å². The zero-order chi connectivity index (χ0) is 30.3. The first kappa shape index (κ1) is 34.1. The van der Waals surface area contributed by atoms with E-state index in [9.17, 15) is 24.6 Å². The summed E-state index contributed by atoms with van der Waals surface area (Å²) < 4.78 is 20.7. The second-order valence-electron chi connectivity index (χ2n) is 11.1. The maximum Gasteiger partial charge on any atom is 0.511 e. The molecular formula is C32H46O9S. The standard InChI is InChI=1S/C32H46O9S/c1-22(40-32(37)41-26-10-4-3-5-11-26)39-31(36)12-7-16-42-17-15-28-27(29(34)20-30(28)35)14-13-25(33)19-23-8-6-9-24(18-23)21-38-2/h6,8-9,13-14,18,22,25-29,33-34H,3-5,7,10-12,15-17,19-21H2,1-2H3/b14-13+/t22?,25-,27+,28-,29-/m1/s1. The van der Waals surface area contributed by atoms with Gasteiger partial charge in [0, 0.05) is 45.1 Å². The van der Waals surface area contributed by atoms with Gasteiger partial charge in [0.2, 0.25) is 6.29 Å². The highest BCUT2D eigenvalue weighted by atomic mass is 32.2. The molecule has 234 valence electrons. The monoisotopic (exact) mass is 606 g/mol. The van der Waals surface area contributed by atoms with Gasteiger partial charge in [-0.3, -0.25) is 9.59 Å². The highest BCUT2D eigenvalue weighted by Crippen LogP contribution is 2.34. The number of aliphatic hydroxyl groups excluding tert-OH is 2. The minimum Gasteiger partial charge on any atom is -0.431 e. The van der Waals surface area contributed by atoms with Gasteiger partial charge in [-0.15, -0.1) is 0 Å². The van der Waals surface area contributed by atoms with Crippen molar-refractivity contribution in [1.29, 1.82) is 0 Å². The summed E-state index contributed by atoms with van der Waals surface area (Å²) in [6.45, 7) is 2.00. The summed E-state index contributed by atoms with van der Waals surface area (Å²) in [7, 11) is 1.64. The second-order valence-corrected chi connectivity index (χ2v) is 12.4. The Hall–Kier alpha value is -2.40. The van der Waals surface area contributed by atoms with Crippen molar-refractivity contribution >= 4 is 29.7 Å². The van der Waals surface area contributed by atoms with Crippen molar-refractivity contribution < 1.29 is 43.5 Å². The molecule has 2 saturated carbocycles. The van der Waals surface area contributed by atoms with Gasteiger partial charge in [0.25, 0.3) is 0 Å². The molecule has 0 aromatic heterocycles. The van der Waals surface area contributed by atoms with Crippen LogP contribution < -0.4 is 0 Å². The number of benzene rings is 1. The molecule has 0 bridgehead atoms. The topological polar surface area (TPSA) is 129 Å². The van der Waals surface area contributed by atoms with Crippen LogP contribution >= 0.6 is 11.8 Å². The fraction of sp³-hybridized carbons (Fsp3) is 0.656. The van der Waals surface area contributed by atoms with E-state index in [2.05, 4.69) is 0 Å². The largest absolute Gasteiger partial charge is 0.511 e. The second kappa shape index (κ2) is 18.3. The molecule has 1 aromatic rings. The van der Waals surface area contributed by atoms with E-state index >= 15 is 0 Å². The van der Waals surface area contributed by atoms with Crippen LogP contribution in [0.5, 0.6) is 0 Å². The molecule has 1 unspecified atom stereocenters. The predicted molar refractivity (Wildman–Crippen MR) is 160 cm³/mol. The number of hydrogen-bond donors (Lipinski definition) is 2. The normalized spacial score (nSPS) is 22.7. The van der Waals surface area contributed by atoms with Gasteiger partial charge in [-0.25, -0.2) is 4.79 Å². The zero-order valence-electron chi connectivity index (χ0n) is 24.8. The molecule has 1 aromatic carbocycles. The molecule has 10 heteroatoms. The van der Waals surface area contributed by atoms with Crippen LogP contribution in [0.2, 0.25) is 0 Å². The van der Waals surface area contributed by atoms with E-state index in [1.54, 1.807) is 31.0 Å². The summed E-state index contributed by atoms with van der Waals surface area (Å²) in [6.07, 6.45) is 6.90. The number of esters is 1. The third-order valence-electron chi connectivity index (χ3n) is 7.65. The SMILES string of the molecule is COCc1cccc(C[C@H](O)/C=C/[C@@H]2[C@H](O)CC(=O)[C@@H]2CCSCCCC(=O)OC(C)OC(=O)OC2CCCCC2)c1. The zero-order valence-corrected chi connectivity index (χ0v) is 25.6. The summed E-state index contributed by atoms with van der Waals surface area (Å²) in [4.78, 5) is 36.5. The molecule has 42 heavy (non-hydrogen) atoms. The first-order valence-corrected chi connectivity index (χ1v) is 16.2. The number of methoxy groups -OCH3 is 1. The summed E-state index contributed by atoms with van der Waals surface area (Å²) in [5.41, 5.74) is 2.02. The Bertz CT molecular complexity index is 1020. The number of hydrogen-bond acceptors (Lipinski definition) is 10. The molecule has 0 amide bonds. The van der Waals surface area contributed by atoms with E-state index < -0.39 is 30.6 Å². The number of Topliss-reactive ketones (excluding diaryl/α,β-unsaturated/α-hetero) is 1. The van der Waals surface area contributed by atoms with E-state index in [4.69, 9.17) is 18.9 Å². The molecule has 5 atom stereocenters. The molecule has 0 heterocycles. The third-order valence-corrected chi connectivity index (χ3v) is 8.75. The Morgan fingerprint density at radius 3 is 2.64 bits per heavy atom. The molecule has 2 aliphatic rings. The summed E-state index contributed by atoms with van der Waals surface area (Å²) in [6, 6.07) is 7.85. The number of aliphatic hydroxyl groups is 2. The average Bonchev–Trinajstić information content (AvgIpc) is 3.21. The van der Waals surface area contributed by atoms with E-state index in [0.29, 0.717) is 37.4 Å². The molecule has 3 rings (SSSR count). The van der Waals surface area contributed by atoms with Crippen LogP contribution in [0.4, 0.5) is 4.79 Å². The van der Waals surface area contributed by atoms with Crippen molar-refractivity contribution in [2.75, 3.05) is 18.6 Å². The number of carbonyl (C=O) groups excluding carboxylic acids is 3. The molecule has 0 spiro atoms. The molecule has 0 radical (unpaired) electrons. The van der Waals surface area contributed by atoms with Crippen molar-refractivity contribution in [2.45, 2.75) is 102 Å². The molecule has 2 fully saturated rings. The maximum absolute atomic E-state index is 12.5. The van der Waals surface area contributed by atoms with Crippen molar-refractivity contribution in [2.24, 2.45) is 11.8 Å². The lowest BCUT2D eigenvalue weighted by Crippen LogP contribution is -2.26. The van der Waals surface area contributed by atoms with Gasteiger partial charge in [-0.05, 0) is 61.2 Å². The Balaban J connectivity index is 1.31. The highest BCUT2D eigenvalue weighted by Gasteiger charge is 2.39. The molecule has 2 N–H and O–H groups in total. The Labute approximate surface area is 253 Å². The van der Waals surface area contributed by atoms with Crippen molar-refractivity contribution in [1.82, 2.24) is 0 Å². The first-order valence-electron chi connectivity index (χ1n) is 15.0. The van der Waals surface area contributed by atoms with Crippen LogP contribution in [-0.2, 0) is 41.6 Å². The Kier molecular flexibility index (Phi) is 14.9. The van der Waals surface area contributed by atoms with Gasteiger partial charge in [-0.1, -0.05) is 42.8 Å². The lowest BCUT2D eigenvalue weighted by Gasteiger charge is -2.22. The average molecular weight is 607 g/mol. The number of thioether (sulfide) groups is 1. The fourth-order valence-corrected chi connectivity index (χ4v) is 6.53. The maximum atomic E-state index is 12.5.